The predicted octanol–water partition coefficient (Wildman–Crippen LogP) is -0.116. The van der Waals surface area contributed by atoms with Crippen LogP contribution >= 0.6 is 11.3 Å². The van der Waals surface area contributed by atoms with Crippen LogP contribution in [0.25, 0.3) is 0 Å². The van der Waals surface area contributed by atoms with Gasteiger partial charge in [0, 0.05) is 11.4 Å². The first-order valence-corrected chi connectivity index (χ1v) is 8.69. The molecule has 0 aliphatic carbocycles. The Morgan fingerprint density at radius 2 is 1.88 bits per heavy atom. The molecule has 0 fully saturated rings. The van der Waals surface area contributed by atoms with Crippen LogP contribution in [0.2, 0.25) is 0 Å². The number of rotatable bonds is 6. The summed E-state index contributed by atoms with van der Waals surface area (Å²) in [6, 6.07) is 3.19. The minimum atomic E-state index is -3.59. The van der Waals surface area contributed by atoms with Crippen LogP contribution in [0.5, 0.6) is 0 Å². The van der Waals surface area contributed by atoms with Crippen LogP contribution in [0.3, 0.4) is 0 Å². The fourth-order valence-electron chi connectivity index (χ4n) is 1.04. The van der Waals surface area contributed by atoms with E-state index in [4.69, 9.17) is 0 Å². The van der Waals surface area contributed by atoms with Gasteiger partial charge < -0.3 is 0 Å². The van der Waals surface area contributed by atoms with Gasteiger partial charge in [0.05, 0.1) is 5.75 Å². The van der Waals surface area contributed by atoms with Crippen molar-refractivity contribution in [1.29, 1.82) is 0 Å². The maximum atomic E-state index is 11.7. The fraction of sp³-hybridized carbons (Fsp3) is 0.500. The zero-order valence-electron chi connectivity index (χ0n) is 9.43. The molecular formula is C8H14N2O4S3. The van der Waals surface area contributed by atoms with Crippen LogP contribution in [0, 0.1) is 6.92 Å². The minimum Gasteiger partial charge on any atom is -0.218 e. The van der Waals surface area contributed by atoms with Gasteiger partial charge in [-0.3, -0.25) is 0 Å². The maximum absolute atomic E-state index is 11.7. The lowest BCUT2D eigenvalue weighted by atomic mass is 10.5. The highest BCUT2D eigenvalue weighted by atomic mass is 32.2. The molecule has 0 aromatic carbocycles. The van der Waals surface area contributed by atoms with Gasteiger partial charge in [0.15, 0.2) is 0 Å². The summed E-state index contributed by atoms with van der Waals surface area (Å²) in [6.07, 6.45) is 0. The Morgan fingerprint density at radius 1 is 1.24 bits per heavy atom. The van der Waals surface area contributed by atoms with Crippen molar-refractivity contribution in [2.45, 2.75) is 11.1 Å². The molecule has 2 N–H and O–H groups in total. The van der Waals surface area contributed by atoms with Crippen molar-refractivity contribution >= 4 is 31.4 Å². The van der Waals surface area contributed by atoms with E-state index in [2.05, 4.69) is 9.44 Å². The molecule has 1 rings (SSSR count). The van der Waals surface area contributed by atoms with Gasteiger partial charge in [0.1, 0.15) is 4.21 Å². The van der Waals surface area contributed by atoms with Gasteiger partial charge in [0.2, 0.25) is 20.0 Å². The van der Waals surface area contributed by atoms with Crippen molar-refractivity contribution in [3.63, 3.8) is 0 Å². The summed E-state index contributed by atoms with van der Waals surface area (Å²) in [6.45, 7) is 1.65. The van der Waals surface area contributed by atoms with Gasteiger partial charge in [-0.15, -0.1) is 11.3 Å². The molecule has 1 aromatic heterocycles. The quantitative estimate of drug-likeness (QED) is 0.766. The molecule has 98 valence electrons. The van der Waals surface area contributed by atoms with Crippen LogP contribution in [0.4, 0.5) is 0 Å². The predicted molar refractivity (Wildman–Crippen MR) is 67.1 cm³/mol. The molecule has 1 aromatic rings. The van der Waals surface area contributed by atoms with Crippen LogP contribution in [0.15, 0.2) is 16.3 Å². The third-order valence-electron chi connectivity index (χ3n) is 1.95. The molecule has 17 heavy (non-hydrogen) atoms. The molecule has 0 aliphatic rings. The summed E-state index contributed by atoms with van der Waals surface area (Å²) in [5.74, 6) is -0.285. The number of hydrogen-bond acceptors (Lipinski definition) is 5. The number of thiophene rings is 1. The van der Waals surface area contributed by atoms with Crippen molar-refractivity contribution < 1.29 is 16.8 Å². The first-order valence-electron chi connectivity index (χ1n) is 4.74. The number of aryl methyl sites for hydroxylation is 1. The molecule has 0 unspecified atom stereocenters. The summed E-state index contributed by atoms with van der Waals surface area (Å²) < 4.78 is 50.1. The second-order valence-corrected chi connectivity index (χ2v) is 8.61. The van der Waals surface area contributed by atoms with Crippen molar-refractivity contribution in [1.82, 2.24) is 9.44 Å². The summed E-state index contributed by atoms with van der Waals surface area (Å²) in [5.41, 5.74) is 0. The zero-order valence-corrected chi connectivity index (χ0v) is 11.9. The highest BCUT2D eigenvalue weighted by Crippen LogP contribution is 2.19. The van der Waals surface area contributed by atoms with E-state index in [9.17, 15) is 16.8 Å². The van der Waals surface area contributed by atoms with E-state index in [0.717, 1.165) is 16.2 Å². The average Bonchev–Trinajstić information content (AvgIpc) is 2.65. The van der Waals surface area contributed by atoms with Gasteiger partial charge in [-0.25, -0.2) is 26.3 Å². The largest absolute Gasteiger partial charge is 0.250 e. The van der Waals surface area contributed by atoms with Gasteiger partial charge >= 0.3 is 0 Å². The second kappa shape index (κ2) is 5.44. The van der Waals surface area contributed by atoms with E-state index in [0.29, 0.717) is 0 Å². The Balaban J connectivity index is 2.64. The van der Waals surface area contributed by atoms with Crippen LogP contribution in [-0.2, 0) is 20.0 Å². The fourth-order valence-corrected chi connectivity index (χ4v) is 4.10. The highest BCUT2D eigenvalue weighted by molar-refractivity contribution is 7.92. The number of nitrogens with one attached hydrogen (secondary N) is 2. The topological polar surface area (TPSA) is 92.3 Å². The highest BCUT2D eigenvalue weighted by Gasteiger charge is 2.17. The molecule has 1 heterocycles. The Kier molecular flexibility index (Phi) is 4.67. The van der Waals surface area contributed by atoms with Gasteiger partial charge in [-0.2, -0.15) is 0 Å². The van der Waals surface area contributed by atoms with E-state index in [1.807, 2.05) is 0 Å². The van der Waals surface area contributed by atoms with Gasteiger partial charge in [0.25, 0.3) is 0 Å². The Morgan fingerprint density at radius 3 is 2.35 bits per heavy atom. The molecule has 0 amide bonds. The lowest BCUT2D eigenvalue weighted by Gasteiger charge is -2.04. The Hall–Kier alpha value is -0.480. The molecule has 0 radical (unpaired) electrons. The van der Waals surface area contributed by atoms with Crippen LogP contribution in [0.1, 0.15) is 4.88 Å². The Bertz CT molecular complexity index is 574. The van der Waals surface area contributed by atoms with Crippen molar-refractivity contribution in [3.05, 3.63) is 17.0 Å². The van der Waals surface area contributed by atoms with E-state index < -0.39 is 20.0 Å². The minimum absolute atomic E-state index is 0.150. The summed E-state index contributed by atoms with van der Waals surface area (Å²) >= 11 is 1.14. The molecule has 6 nitrogen and oxygen atoms in total. The second-order valence-electron chi connectivity index (χ2n) is 3.29. The third kappa shape index (κ3) is 4.36. The number of sulfonamides is 2. The SMILES string of the molecule is CNS(=O)(=O)CCNS(=O)(=O)c1ccc(C)s1. The third-order valence-corrected chi connectivity index (χ3v) is 6.27. The number of hydrogen-bond donors (Lipinski definition) is 2. The monoisotopic (exact) mass is 298 g/mol. The molecule has 0 spiro atoms. The van der Waals surface area contributed by atoms with Gasteiger partial charge in [-0.1, -0.05) is 0 Å². The van der Waals surface area contributed by atoms with Crippen molar-refractivity contribution in [2.75, 3.05) is 19.3 Å². The molecule has 9 heteroatoms. The van der Waals surface area contributed by atoms with E-state index in [1.165, 1.54) is 13.1 Å². The molecule has 0 atom stereocenters. The van der Waals surface area contributed by atoms with Gasteiger partial charge in [-0.05, 0) is 26.1 Å². The molecule has 0 saturated heterocycles. The summed E-state index contributed by atoms with van der Waals surface area (Å²) in [7, 11) is -5.70. The summed E-state index contributed by atoms with van der Waals surface area (Å²) in [5, 5.41) is 0. The normalized spacial score (nSPS) is 12.8. The molecule has 0 bridgehead atoms. The molecule has 0 saturated carbocycles. The van der Waals surface area contributed by atoms with Crippen molar-refractivity contribution in [2.24, 2.45) is 0 Å². The first kappa shape index (κ1) is 14.6. The van der Waals surface area contributed by atoms with E-state index in [1.54, 1.807) is 13.0 Å². The zero-order chi connectivity index (χ0) is 13.1. The lowest BCUT2D eigenvalue weighted by Crippen LogP contribution is -2.32. The smallest absolute Gasteiger partial charge is 0.218 e. The first-order chi connectivity index (χ1) is 7.77. The molecular weight excluding hydrogens is 284 g/mol. The Labute approximate surface area is 105 Å². The standard InChI is InChI=1S/C8H14N2O4S3/c1-7-3-4-8(15-7)17(13,14)10-5-6-16(11,12)9-2/h3-4,9-10H,5-6H2,1-2H3. The van der Waals surface area contributed by atoms with Crippen molar-refractivity contribution in [3.8, 4) is 0 Å². The molecule has 0 aliphatic heterocycles. The maximum Gasteiger partial charge on any atom is 0.250 e. The van der Waals surface area contributed by atoms with Crippen LogP contribution in [-0.4, -0.2) is 36.2 Å². The average molecular weight is 298 g/mol. The van der Waals surface area contributed by atoms with E-state index in [-0.39, 0.29) is 16.5 Å². The van der Waals surface area contributed by atoms with Crippen LogP contribution < -0.4 is 9.44 Å². The van der Waals surface area contributed by atoms with E-state index >= 15 is 0 Å². The summed E-state index contributed by atoms with van der Waals surface area (Å²) in [4.78, 5) is 0.883. The lowest BCUT2D eigenvalue weighted by molar-refractivity contribution is 0.580.